The zero-order valence-electron chi connectivity index (χ0n) is 10.2. The number of carbonyl (C=O) groups is 1. The van der Waals surface area contributed by atoms with E-state index in [4.69, 9.17) is 4.74 Å². The highest BCUT2D eigenvalue weighted by Gasteiger charge is 2.35. The van der Waals surface area contributed by atoms with Crippen molar-refractivity contribution in [2.24, 2.45) is 11.8 Å². The Balaban J connectivity index is 2.45. The average molecular weight is 226 g/mol. The molecule has 86 valence electrons. The second kappa shape index (κ2) is 4.97. The maximum absolute atomic E-state index is 11.5. The van der Waals surface area contributed by atoms with Gasteiger partial charge >= 0.3 is 5.97 Å². The van der Waals surface area contributed by atoms with Gasteiger partial charge in [0.1, 0.15) is 0 Å². The van der Waals surface area contributed by atoms with Crippen LogP contribution in [0.1, 0.15) is 19.8 Å². The summed E-state index contributed by atoms with van der Waals surface area (Å²) < 4.78 is 5.05. The van der Waals surface area contributed by atoms with Gasteiger partial charge in [0.05, 0.1) is 20.6 Å². The van der Waals surface area contributed by atoms with Crippen molar-refractivity contribution in [2.45, 2.75) is 39.4 Å². The van der Waals surface area contributed by atoms with Gasteiger partial charge in [0.25, 0.3) is 0 Å². The fraction of sp³-hybridized carbons (Fsp3) is 0.750. The van der Waals surface area contributed by atoms with E-state index < -0.39 is 8.07 Å². The molecule has 1 saturated carbocycles. The number of hydrogen-bond donors (Lipinski definition) is 0. The van der Waals surface area contributed by atoms with E-state index in [0.717, 1.165) is 12.8 Å². The summed E-state index contributed by atoms with van der Waals surface area (Å²) >= 11 is 0. The molecule has 0 heterocycles. The van der Waals surface area contributed by atoms with Crippen LogP contribution in [0.4, 0.5) is 0 Å². The van der Waals surface area contributed by atoms with Gasteiger partial charge < -0.3 is 4.74 Å². The summed E-state index contributed by atoms with van der Waals surface area (Å²) in [6, 6.07) is 0. The van der Waals surface area contributed by atoms with Gasteiger partial charge in [-0.05, 0) is 25.7 Å². The molecule has 3 heteroatoms. The molecule has 0 aromatic rings. The molecule has 0 spiro atoms. The molecular formula is C12H22O2Si. The molecule has 0 saturated heterocycles. The summed E-state index contributed by atoms with van der Waals surface area (Å²) in [5.74, 6) is 0.572. The Morgan fingerprint density at radius 2 is 2.07 bits per heavy atom. The van der Waals surface area contributed by atoms with Gasteiger partial charge in [0.2, 0.25) is 0 Å². The zero-order chi connectivity index (χ0) is 11.5. The Hall–Kier alpha value is -0.573. The van der Waals surface area contributed by atoms with Crippen LogP contribution in [0.25, 0.3) is 0 Å². The lowest BCUT2D eigenvalue weighted by atomic mass is 9.74. The van der Waals surface area contributed by atoms with E-state index in [0.29, 0.717) is 12.5 Å². The predicted molar refractivity (Wildman–Crippen MR) is 65.3 cm³/mol. The maximum Gasteiger partial charge on any atom is 0.309 e. The summed E-state index contributed by atoms with van der Waals surface area (Å²) in [6.07, 6.45) is 4.39. The standard InChI is InChI=1S/C12H22O2Si/c1-5-14-12(13)11-7-6-10(11)8-9-15(2,3)4/h8-11H,5-7H2,1-4H3/b9-8+/t10-,11+/m1/s1. The molecule has 2 nitrogen and oxygen atoms in total. The fourth-order valence-corrected chi connectivity index (χ4v) is 2.53. The molecule has 1 aliphatic rings. The lowest BCUT2D eigenvalue weighted by Crippen LogP contribution is -2.33. The first-order valence-corrected chi connectivity index (χ1v) is 9.38. The van der Waals surface area contributed by atoms with Crippen molar-refractivity contribution in [3.05, 3.63) is 11.8 Å². The number of ether oxygens (including phenoxy) is 1. The van der Waals surface area contributed by atoms with Crippen LogP contribution in [-0.4, -0.2) is 20.7 Å². The van der Waals surface area contributed by atoms with Crippen LogP contribution in [0.3, 0.4) is 0 Å². The lowest BCUT2D eigenvalue weighted by molar-refractivity contribution is -0.152. The minimum absolute atomic E-state index is 0.00558. The fourth-order valence-electron chi connectivity index (χ4n) is 1.71. The van der Waals surface area contributed by atoms with E-state index in [1.165, 1.54) is 0 Å². The largest absolute Gasteiger partial charge is 0.466 e. The van der Waals surface area contributed by atoms with Crippen molar-refractivity contribution >= 4 is 14.0 Å². The molecule has 1 fully saturated rings. The first-order valence-electron chi connectivity index (χ1n) is 5.80. The molecule has 0 aromatic carbocycles. The van der Waals surface area contributed by atoms with Gasteiger partial charge in [-0.2, -0.15) is 0 Å². The highest BCUT2D eigenvalue weighted by molar-refractivity contribution is 6.80. The Labute approximate surface area is 93.7 Å². The molecule has 2 atom stereocenters. The number of esters is 1. The van der Waals surface area contributed by atoms with Crippen LogP contribution in [0.2, 0.25) is 19.6 Å². The third-order valence-electron chi connectivity index (χ3n) is 2.76. The van der Waals surface area contributed by atoms with Gasteiger partial charge in [-0.1, -0.05) is 31.4 Å². The molecule has 0 aromatic heterocycles. The highest BCUT2D eigenvalue weighted by atomic mass is 28.3. The molecular weight excluding hydrogens is 204 g/mol. The van der Waals surface area contributed by atoms with Gasteiger partial charge in [0.15, 0.2) is 0 Å². The minimum Gasteiger partial charge on any atom is -0.466 e. The van der Waals surface area contributed by atoms with Gasteiger partial charge in [0, 0.05) is 0 Å². The number of carbonyl (C=O) groups excluding carboxylic acids is 1. The van der Waals surface area contributed by atoms with Crippen LogP contribution < -0.4 is 0 Å². The summed E-state index contributed by atoms with van der Waals surface area (Å²) in [6.45, 7) is 9.29. The molecule has 0 amide bonds. The summed E-state index contributed by atoms with van der Waals surface area (Å²) in [5, 5.41) is 0. The van der Waals surface area contributed by atoms with E-state index in [2.05, 4.69) is 31.4 Å². The molecule has 15 heavy (non-hydrogen) atoms. The van der Waals surface area contributed by atoms with E-state index in [-0.39, 0.29) is 11.9 Å². The van der Waals surface area contributed by atoms with Crippen molar-refractivity contribution in [3.63, 3.8) is 0 Å². The first-order chi connectivity index (χ1) is 6.94. The van der Waals surface area contributed by atoms with Crippen molar-refractivity contribution in [2.75, 3.05) is 6.61 Å². The summed E-state index contributed by atoms with van der Waals surface area (Å²) in [7, 11) is -1.12. The van der Waals surface area contributed by atoms with Crippen LogP contribution in [0.15, 0.2) is 11.8 Å². The van der Waals surface area contributed by atoms with Crippen LogP contribution in [0.5, 0.6) is 0 Å². The van der Waals surface area contributed by atoms with Crippen LogP contribution in [-0.2, 0) is 9.53 Å². The highest BCUT2D eigenvalue weighted by Crippen LogP contribution is 2.36. The quantitative estimate of drug-likeness (QED) is 0.544. The van der Waals surface area contributed by atoms with Crippen LogP contribution >= 0.6 is 0 Å². The van der Waals surface area contributed by atoms with E-state index in [1.807, 2.05) is 6.92 Å². The average Bonchev–Trinajstić information content (AvgIpc) is 2.00. The predicted octanol–water partition coefficient (Wildman–Crippen LogP) is 3.01. The summed E-state index contributed by atoms with van der Waals surface area (Å²) in [5.41, 5.74) is 2.34. The normalized spacial score (nSPS) is 26.4. The molecule has 0 bridgehead atoms. The Morgan fingerprint density at radius 1 is 1.40 bits per heavy atom. The van der Waals surface area contributed by atoms with Crippen molar-refractivity contribution in [1.29, 1.82) is 0 Å². The first kappa shape index (κ1) is 12.5. The smallest absolute Gasteiger partial charge is 0.309 e. The third kappa shape index (κ3) is 3.82. The topological polar surface area (TPSA) is 26.3 Å². The van der Waals surface area contributed by atoms with Gasteiger partial charge in [-0.15, -0.1) is 0 Å². The Morgan fingerprint density at radius 3 is 2.47 bits per heavy atom. The Kier molecular flexibility index (Phi) is 4.14. The van der Waals surface area contributed by atoms with E-state index >= 15 is 0 Å². The molecule has 0 radical (unpaired) electrons. The molecule has 0 unspecified atom stereocenters. The second-order valence-corrected chi connectivity index (χ2v) is 10.4. The van der Waals surface area contributed by atoms with Crippen molar-refractivity contribution < 1.29 is 9.53 Å². The number of rotatable bonds is 4. The zero-order valence-corrected chi connectivity index (χ0v) is 11.2. The van der Waals surface area contributed by atoms with Crippen molar-refractivity contribution in [1.82, 2.24) is 0 Å². The molecule has 1 aliphatic carbocycles. The second-order valence-electron chi connectivity index (χ2n) is 5.32. The monoisotopic (exact) mass is 226 g/mol. The summed E-state index contributed by atoms with van der Waals surface area (Å²) in [4.78, 5) is 11.5. The van der Waals surface area contributed by atoms with E-state index in [1.54, 1.807) is 0 Å². The number of hydrogen-bond acceptors (Lipinski definition) is 2. The SMILES string of the molecule is CCOC(=O)[C@H]1CC[C@@H]1/C=C/[Si](C)(C)C. The number of allylic oxidation sites excluding steroid dienone is 1. The van der Waals surface area contributed by atoms with E-state index in [9.17, 15) is 4.79 Å². The van der Waals surface area contributed by atoms with Crippen molar-refractivity contribution in [3.8, 4) is 0 Å². The minimum atomic E-state index is -1.12. The lowest BCUT2D eigenvalue weighted by Gasteiger charge is -2.32. The molecule has 0 aliphatic heterocycles. The Bertz CT molecular complexity index is 253. The van der Waals surface area contributed by atoms with Gasteiger partial charge in [-0.25, -0.2) is 0 Å². The third-order valence-corrected chi connectivity index (χ3v) is 3.95. The maximum atomic E-state index is 11.5. The molecule has 1 rings (SSSR count). The van der Waals surface area contributed by atoms with Crippen LogP contribution in [0, 0.1) is 11.8 Å². The van der Waals surface area contributed by atoms with Gasteiger partial charge in [-0.3, -0.25) is 4.79 Å². The molecule has 0 N–H and O–H groups in total.